The number of hydrogen-bond acceptors (Lipinski definition) is 4. The minimum Gasteiger partial charge on any atom is -0.497 e. The Morgan fingerprint density at radius 3 is 3.07 bits per heavy atom. The smallest absolute Gasteiger partial charge is 0.226 e. The van der Waals surface area contributed by atoms with Crippen LogP contribution in [0.2, 0.25) is 0 Å². The van der Waals surface area contributed by atoms with Crippen molar-refractivity contribution in [3.8, 4) is 5.75 Å². The molecule has 3 atom stereocenters. The van der Waals surface area contributed by atoms with Gasteiger partial charge in [0.1, 0.15) is 11.6 Å². The van der Waals surface area contributed by atoms with Crippen molar-refractivity contribution in [2.45, 2.75) is 44.6 Å². The number of methoxy groups -OCH3 is 1. The molecule has 27 heavy (non-hydrogen) atoms. The Balaban J connectivity index is 1.44. The summed E-state index contributed by atoms with van der Waals surface area (Å²) in [6.07, 6.45) is 2.99. The molecule has 1 aliphatic heterocycles. The Kier molecular flexibility index (Phi) is 5.04. The van der Waals surface area contributed by atoms with Gasteiger partial charge in [0.25, 0.3) is 0 Å². The van der Waals surface area contributed by atoms with Gasteiger partial charge in [-0.15, -0.1) is 0 Å². The standard InChI is InChI=1S/C20H26N4O2S/c1-3-24-18(21-22-20(24)27)14-7-5-9-23(12-14)19(25)17-11-16(17)13-6-4-8-15(10-13)26-2/h4,6,8,10,14,16-17H,3,5,7,9,11-12H2,1-2H3,(H,22,27). The van der Waals surface area contributed by atoms with Gasteiger partial charge in [-0.25, -0.2) is 0 Å². The topological polar surface area (TPSA) is 63.1 Å². The van der Waals surface area contributed by atoms with Crippen LogP contribution in [0.1, 0.15) is 49.4 Å². The van der Waals surface area contributed by atoms with E-state index in [1.54, 1.807) is 7.11 Å². The van der Waals surface area contributed by atoms with E-state index in [9.17, 15) is 4.79 Å². The van der Waals surface area contributed by atoms with Crippen LogP contribution in [-0.2, 0) is 11.3 Å². The maximum absolute atomic E-state index is 13.1. The number of amides is 1. The van der Waals surface area contributed by atoms with E-state index in [0.29, 0.717) is 10.7 Å². The third kappa shape index (κ3) is 3.52. The third-order valence-corrected chi connectivity index (χ3v) is 6.14. The number of aromatic nitrogens is 3. The molecule has 1 aliphatic carbocycles. The fourth-order valence-corrected chi connectivity index (χ4v) is 4.55. The first-order valence-electron chi connectivity index (χ1n) is 9.70. The number of carbonyl (C=O) groups is 1. The molecule has 0 bridgehead atoms. The van der Waals surface area contributed by atoms with E-state index in [1.165, 1.54) is 5.56 Å². The van der Waals surface area contributed by atoms with Gasteiger partial charge in [0, 0.05) is 31.5 Å². The Morgan fingerprint density at radius 1 is 1.44 bits per heavy atom. The highest BCUT2D eigenvalue weighted by Gasteiger charge is 2.46. The summed E-state index contributed by atoms with van der Waals surface area (Å²) in [7, 11) is 1.67. The van der Waals surface area contributed by atoms with Crippen molar-refractivity contribution in [3.63, 3.8) is 0 Å². The molecule has 144 valence electrons. The number of ether oxygens (including phenoxy) is 1. The molecule has 6 nitrogen and oxygen atoms in total. The average molecular weight is 387 g/mol. The van der Waals surface area contributed by atoms with Crippen LogP contribution in [0.15, 0.2) is 24.3 Å². The minimum absolute atomic E-state index is 0.0999. The fourth-order valence-electron chi connectivity index (χ4n) is 4.28. The normalized spacial score (nSPS) is 24.7. The molecule has 1 saturated heterocycles. The second-order valence-corrected chi connectivity index (χ2v) is 7.87. The van der Waals surface area contributed by atoms with Gasteiger partial charge in [-0.3, -0.25) is 9.89 Å². The summed E-state index contributed by atoms with van der Waals surface area (Å²) < 4.78 is 8.02. The molecule has 2 fully saturated rings. The summed E-state index contributed by atoms with van der Waals surface area (Å²) >= 11 is 5.32. The zero-order valence-electron chi connectivity index (χ0n) is 15.9. The molecule has 4 rings (SSSR count). The number of benzene rings is 1. The summed E-state index contributed by atoms with van der Waals surface area (Å²) in [6, 6.07) is 8.09. The molecule has 2 aliphatic rings. The number of aromatic amines is 1. The highest BCUT2D eigenvalue weighted by atomic mass is 32.1. The first kappa shape index (κ1) is 18.2. The molecule has 3 unspecified atom stereocenters. The average Bonchev–Trinajstić information content (AvgIpc) is 3.43. The molecule has 1 amide bonds. The molecule has 1 N–H and O–H groups in total. The van der Waals surface area contributed by atoms with Gasteiger partial charge < -0.3 is 14.2 Å². The van der Waals surface area contributed by atoms with Crippen molar-refractivity contribution in [3.05, 3.63) is 40.4 Å². The molecule has 1 aromatic carbocycles. The van der Waals surface area contributed by atoms with Gasteiger partial charge in [-0.2, -0.15) is 5.10 Å². The Morgan fingerprint density at radius 2 is 2.30 bits per heavy atom. The molecule has 7 heteroatoms. The van der Waals surface area contributed by atoms with Crippen molar-refractivity contribution in [1.82, 2.24) is 19.7 Å². The second kappa shape index (κ2) is 7.46. The molecule has 0 radical (unpaired) electrons. The number of nitrogens with one attached hydrogen (secondary N) is 1. The highest BCUT2D eigenvalue weighted by Crippen LogP contribution is 2.49. The van der Waals surface area contributed by atoms with Gasteiger partial charge in [0.15, 0.2) is 4.77 Å². The van der Waals surface area contributed by atoms with E-state index < -0.39 is 0 Å². The zero-order chi connectivity index (χ0) is 19.0. The number of hydrogen-bond donors (Lipinski definition) is 1. The third-order valence-electron chi connectivity index (χ3n) is 5.83. The summed E-state index contributed by atoms with van der Waals surface area (Å²) in [4.78, 5) is 15.1. The van der Waals surface area contributed by atoms with Gasteiger partial charge in [-0.05, 0) is 62.0 Å². The summed E-state index contributed by atoms with van der Waals surface area (Å²) in [5.74, 6) is 2.79. The van der Waals surface area contributed by atoms with Crippen LogP contribution in [0, 0.1) is 10.7 Å². The van der Waals surface area contributed by atoms with Crippen LogP contribution in [0.5, 0.6) is 5.75 Å². The molecular weight excluding hydrogens is 360 g/mol. The SMILES string of the molecule is CCn1c(C2CCCN(C(=O)C3CC3c3cccc(OC)c3)C2)n[nH]c1=S. The van der Waals surface area contributed by atoms with E-state index in [4.69, 9.17) is 17.0 Å². The van der Waals surface area contributed by atoms with E-state index in [-0.39, 0.29) is 17.7 Å². The van der Waals surface area contributed by atoms with Crippen LogP contribution >= 0.6 is 12.2 Å². The number of piperidine rings is 1. The lowest BCUT2D eigenvalue weighted by atomic mass is 9.96. The predicted octanol–water partition coefficient (Wildman–Crippen LogP) is 3.48. The number of carbonyl (C=O) groups excluding carboxylic acids is 1. The van der Waals surface area contributed by atoms with Gasteiger partial charge in [0.05, 0.1) is 7.11 Å². The van der Waals surface area contributed by atoms with Crippen molar-refractivity contribution < 1.29 is 9.53 Å². The van der Waals surface area contributed by atoms with Crippen molar-refractivity contribution in [1.29, 1.82) is 0 Å². The number of likely N-dealkylation sites (tertiary alicyclic amines) is 1. The molecule has 1 aromatic heterocycles. The lowest BCUT2D eigenvalue weighted by molar-refractivity contribution is -0.133. The number of H-pyrrole nitrogens is 1. The van der Waals surface area contributed by atoms with Crippen molar-refractivity contribution >= 4 is 18.1 Å². The molecule has 0 spiro atoms. The lowest BCUT2D eigenvalue weighted by Gasteiger charge is -2.32. The molecule has 2 heterocycles. The summed E-state index contributed by atoms with van der Waals surface area (Å²) in [5.41, 5.74) is 1.20. The Hall–Kier alpha value is -2.15. The fraction of sp³-hybridized carbons (Fsp3) is 0.550. The quantitative estimate of drug-likeness (QED) is 0.799. The maximum atomic E-state index is 13.1. The zero-order valence-corrected chi connectivity index (χ0v) is 16.7. The predicted molar refractivity (Wildman–Crippen MR) is 105 cm³/mol. The van der Waals surface area contributed by atoms with Gasteiger partial charge in [0.2, 0.25) is 5.91 Å². The Labute approximate surface area is 164 Å². The van der Waals surface area contributed by atoms with E-state index in [0.717, 1.165) is 50.5 Å². The summed E-state index contributed by atoms with van der Waals surface area (Å²) in [5, 5.41) is 7.34. The maximum Gasteiger partial charge on any atom is 0.226 e. The monoisotopic (exact) mass is 386 g/mol. The largest absolute Gasteiger partial charge is 0.497 e. The van der Waals surface area contributed by atoms with E-state index in [1.807, 2.05) is 21.6 Å². The van der Waals surface area contributed by atoms with E-state index >= 15 is 0 Å². The molecular formula is C20H26N4O2S. The number of nitrogens with zero attached hydrogens (tertiary/aromatic N) is 3. The van der Waals surface area contributed by atoms with Crippen LogP contribution < -0.4 is 4.74 Å². The number of rotatable bonds is 5. The first-order chi connectivity index (χ1) is 13.1. The van der Waals surface area contributed by atoms with E-state index in [2.05, 4.69) is 29.3 Å². The van der Waals surface area contributed by atoms with Crippen molar-refractivity contribution in [2.24, 2.45) is 5.92 Å². The molecule has 1 saturated carbocycles. The molecule has 2 aromatic rings. The van der Waals surface area contributed by atoms with Crippen molar-refractivity contribution in [2.75, 3.05) is 20.2 Å². The minimum atomic E-state index is 0.0999. The second-order valence-electron chi connectivity index (χ2n) is 7.48. The van der Waals surface area contributed by atoms with Gasteiger partial charge >= 0.3 is 0 Å². The Bertz CT molecular complexity index is 890. The summed E-state index contributed by atoms with van der Waals surface area (Å²) in [6.45, 7) is 4.45. The van der Waals surface area contributed by atoms with Crippen LogP contribution in [-0.4, -0.2) is 45.8 Å². The van der Waals surface area contributed by atoms with Gasteiger partial charge in [-0.1, -0.05) is 12.1 Å². The first-order valence-corrected chi connectivity index (χ1v) is 10.1. The van der Waals surface area contributed by atoms with Crippen LogP contribution in [0.3, 0.4) is 0 Å². The lowest BCUT2D eigenvalue weighted by Crippen LogP contribution is -2.40. The van der Waals surface area contributed by atoms with Crippen LogP contribution in [0.25, 0.3) is 0 Å². The van der Waals surface area contributed by atoms with Crippen LogP contribution in [0.4, 0.5) is 0 Å². The highest BCUT2D eigenvalue weighted by molar-refractivity contribution is 7.71.